The number of hydrogen-bond acceptors (Lipinski definition) is 1. The number of rotatable bonds is 3. The lowest BCUT2D eigenvalue weighted by atomic mass is 9.80. The number of alkyl halides is 5. The van der Waals surface area contributed by atoms with Gasteiger partial charge in [-0.25, -0.2) is 0 Å². The summed E-state index contributed by atoms with van der Waals surface area (Å²) >= 11 is 11.3. The van der Waals surface area contributed by atoms with E-state index in [1.54, 1.807) is 0 Å². The van der Waals surface area contributed by atoms with Gasteiger partial charge in [0.05, 0.1) is 0 Å². The van der Waals surface area contributed by atoms with E-state index in [1.165, 1.54) is 24.3 Å². The van der Waals surface area contributed by atoms with Gasteiger partial charge in [0.15, 0.2) is 5.60 Å². The van der Waals surface area contributed by atoms with Crippen LogP contribution in [-0.4, -0.2) is 17.2 Å². The van der Waals surface area contributed by atoms with Gasteiger partial charge in [-0.05, 0) is 35.4 Å². The van der Waals surface area contributed by atoms with E-state index >= 15 is 0 Å². The molecule has 0 heterocycles. The number of aliphatic hydroxyl groups is 1. The van der Waals surface area contributed by atoms with Crippen LogP contribution in [-0.2, 0) is 5.60 Å². The van der Waals surface area contributed by atoms with E-state index < -0.39 is 28.8 Å². The van der Waals surface area contributed by atoms with Crippen LogP contribution in [0.3, 0.4) is 0 Å². The topological polar surface area (TPSA) is 20.2 Å². The molecular formula is C15H9Cl2F5O. The fourth-order valence-corrected chi connectivity index (χ4v) is 2.54. The van der Waals surface area contributed by atoms with Crippen molar-refractivity contribution in [2.75, 3.05) is 0 Å². The Hall–Kier alpha value is -1.37. The summed E-state index contributed by atoms with van der Waals surface area (Å²) in [5.41, 5.74) is -5.08. The summed E-state index contributed by atoms with van der Waals surface area (Å²) in [5.74, 6) is -5.48. The lowest BCUT2D eigenvalue weighted by Crippen LogP contribution is -2.55. The number of halogens is 7. The molecule has 2 aromatic carbocycles. The van der Waals surface area contributed by atoms with Gasteiger partial charge in [0.2, 0.25) is 0 Å². The Morgan fingerprint density at radius 3 is 1.43 bits per heavy atom. The molecule has 0 aromatic heterocycles. The molecule has 0 fully saturated rings. The summed E-state index contributed by atoms with van der Waals surface area (Å²) in [4.78, 5) is 0. The highest BCUT2D eigenvalue weighted by Gasteiger charge is 2.71. The minimum atomic E-state index is -5.99. The van der Waals surface area contributed by atoms with Crippen LogP contribution in [0.25, 0.3) is 0 Å². The van der Waals surface area contributed by atoms with Gasteiger partial charge in [0.25, 0.3) is 0 Å². The number of hydrogen-bond donors (Lipinski definition) is 1. The molecule has 0 unspecified atom stereocenters. The summed E-state index contributed by atoms with van der Waals surface area (Å²) in [6, 6.07) is 8.48. The first kappa shape index (κ1) is 18.0. The van der Waals surface area contributed by atoms with Crippen molar-refractivity contribution in [3.8, 4) is 0 Å². The van der Waals surface area contributed by atoms with Crippen LogP contribution in [0.4, 0.5) is 22.0 Å². The third-order valence-corrected chi connectivity index (χ3v) is 3.77. The van der Waals surface area contributed by atoms with Crippen molar-refractivity contribution in [1.29, 1.82) is 0 Å². The summed E-state index contributed by atoms with van der Waals surface area (Å²) < 4.78 is 67.1. The fourth-order valence-electron chi connectivity index (χ4n) is 2.16. The minimum absolute atomic E-state index is 0.0964. The molecular weight excluding hydrogens is 362 g/mol. The zero-order valence-corrected chi connectivity index (χ0v) is 12.7. The van der Waals surface area contributed by atoms with Gasteiger partial charge in [-0.1, -0.05) is 47.5 Å². The van der Waals surface area contributed by atoms with Crippen molar-refractivity contribution >= 4 is 23.2 Å². The molecule has 0 saturated heterocycles. The molecule has 1 N–H and O–H groups in total. The predicted octanol–water partition coefficient (Wildman–Crippen LogP) is 5.43. The maximum absolute atomic E-state index is 14.2. The summed E-state index contributed by atoms with van der Waals surface area (Å²) in [7, 11) is 0. The average Bonchev–Trinajstić information content (AvgIpc) is 2.45. The van der Waals surface area contributed by atoms with E-state index in [4.69, 9.17) is 23.2 Å². The Balaban J connectivity index is 2.80. The highest BCUT2D eigenvalue weighted by Crippen LogP contribution is 2.52. The second kappa shape index (κ2) is 5.92. The van der Waals surface area contributed by atoms with E-state index in [9.17, 15) is 27.1 Å². The highest BCUT2D eigenvalue weighted by atomic mass is 35.5. The van der Waals surface area contributed by atoms with Crippen molar-refractivity contribution in [3.63, 3.8) is 0 Å². The quantitative estimate of drug-likeness (QED) is 0.714. The zero-order chi connectivity index (χ0) is 17.5. The van der Waals surface area contributed by atoms with Crippen LogP contribution in [0.15, 0.2) is 48.5 Å². The second-order valence-corrected chi connectivity index (χ2v) is 5.68. The molecule has 0 saturated carbocycles. The first-order valence-electron chi connectivity index (χ1n) is 6.19. The summed E-state index contributed by atoms with van der Waals surface area (Å²) in [6.07, 6.45) is -5.99. The van der Waals surface area contributed by atoms with Gasteiger partial charge >= 0.3 is 12.1 Å². The highest BCUT2D eigenvalue weighted by molar-refractivity contribution is 6.31. The summed E-state index contributed by atoms with van der Waals surface area (Å²) in [6.45, 7) is 0. The second-order valence-electron chi connectivity index (χ2n) is 4.80. The molecule has 0 aliphatic carbocycles. The summed E-state index contributed by atoms with van der Waals surface area (Å²) in [5, 5.41) is 10.3. The standard InChI is InChI=1S/C15H9Cl2F5O/c16-11-5-1-3-9(7-11)13(23,14(18,19)15(20,21)22)10-4-2-6-12(17)8-10/h1-8,23H. The largest absolute Gasteiger partial charge is 0.457 e. The van der Waals surface area contributed by atoms with Crippen LogP contribution >= 0.6 is 23.2 Å². The van der Waals surface area contributed by atoms with E-state index in [1.807, 2.05) is 0 Å². The number of benzene rings is 2. The Kier molecular flexibility index (Phi) is 4.63. The van der Waals surface area contributed by atoms with E-state index in [0.29, 0.717) is 0 Å². The zero-order valence-electron chi connectivity index (χ0n) is 11.2. The van der Waals surface area contributed by atoms with Gasteiger partial charge in [-0.3, -0.25) is 0 Å². The lowest BCUT2D eigenvalue weighted by molar-refractivity contribution is -0.336. The Labute approximate surface area is 138 Å². The van der Waals surface area contributed by atoms with Crippen molar-refractivity contribution in [2.45, 2.75) is 17.7 Å². The molecule has 0 aliphatic heterocycles. The monoisotopic (exact) mass is 370 g/mol. The van der Waals surface area contributed by atoms with Gasteiger partial charge in [-0.15, -0.1) is 0 Å². The van der Waals surface area contributed by atoms with Crippen LogP contribution in [0.1, 0.15) is 11.1 Å². The third kappa shape index (κ3) is 3.03. The van der Waals surface area contributed by atoms with E-state index in [2.05, 4.69) is 0 Å². The Morgan fingerprint density at radius 1 is 0.739 bits per heavy atom. The van der Waals surface area contributed by atoms with E-state index in [0.717, 1.165) is 24.3 Å². The van der Waals surface area contributed by atoms with Gasteiger partial charge < -0.3 is 5.11 Å². The predicted molar refractivity (Wildman–Crippen MR) is 76.9 cm³/mol. The normalized spacial score (nSPS) is 13.2. The van der Waals surface area contributed by atoms with Gasteiger partial charge in [0.1, 0.15) is 0 Å². The molecule has 124 valence electrons. The first-order chi connectivity index (χ1) is 10.5. The smallest absolute Gasteiger partial charge is 0.374 e. The molecule has 0 aliphatic rings. The molecule has 0 atom stereocenters. The maximum Gasteiger partial charge on any atom is 0.457 e. The van der Waals surface area contributed by atoms with E-state index in [-0.39, 0.29) is 10.0 Å². The Morgan fingerprint density at radius 2 is 1.13 bits per heavy atom. The molecule has 0 radical (unpaired) electrons. The lowest BCUT2D eigenvalue weighted by Gasteiger charge is -2.37. The van der Waals surface area contributed by atoms with Crippen molar-refractivity contribution in [3.05, 3.63) is 69.7 Å². The van der Waals surface area contributed by atoms with Crippen LogP contribution < -0.4 is 0 Å². The molecule has 0 bridgehead atoms. The van der Waals surface area contributed by atoms with Crippen LogP contribution in [0.5, 0.6) is 0 Å². The SMILES string of the molecule is OC(c1cccc(Cl)c1)(c1cccc(Cl)c1)C(F)(F)C(F)(F)F. The first-order valence-corrected chi connectivity index (χ1v) is 6.95. The van der Waals surface area contributed by atoms with Crippen molar-refractivity contribution in [1.82, 2.24) is 0 Å². The molecule has 8 heteroatoms. The van der Waals surface area contributed by atoms with Crippen LogP contribution in [0.2, 0.25) is 10.0 Å². The van der Waals surface area contributed by atoms with Crippen molar-refractivity contribution < 1.29 is 27.1 Å². The van der Waals surface area contributed by atoms with Crippen molar-refractivity contribution in [2.24, 2.45) is 0 Å². The van der Waals surface area contributed by atoms with Crippen LogP contribution in [0, 0.1) is 0 Å². The van der Waals surface area contributed by atoms with Gasteiger partial charge in [-0.2, -0.15) is 22.0 Å². The minimum Gasteiger partial charge on any atom is -0.374 e. The third-order valence-electron chi connectivity index (χ3n) is 3.30. The molecule has 1 nitrogen and oxygen atoms in total. The molecule has 2 aromatic rings. The fraction of sp³-hybridized carbons (Fsp3) is 0.200. The molecule has 23 heavy (non-hydrogen) atoms. The molecule has 0 spiro atoms. The molecule has 0 amide bonds. The van der Waals surface area contributed by atoms with Gasteiger partial charge in [0, 0.05) is 10.0 Å². The molecule has 2 rings (SSSR count). The maximum atomic E-state index is 14.2. The average molecular weight is 371 g/mol. The Bertz CT molecular complexity index is 670.